The van der Waals surface area contributed by atoms with Gasteiger partial charge in [0.1, 0.15) is 5.78 Å². The molecule has 0 amide bonds. The fraction of sp³-hybridized carbons (Fsp3) is 0.938. The lowest BCUT2D eigenvalue weighted by Crippen LogP contribution is -2.20. The van der Waals surface area contributed by atoms with Gasteiger partial charge in [0.25, 0.3) is 0 Å². The first-order chi connectivity index (χ1) is 8.36. The highest BCUT2D eigenvalue weighted by atomic mass is 16.1. The second-order valence-electron chi connectivity index (χ2n) is 6.22. The van der Waals surface area contributed by atoms with Crippen LogP contribution in [0.25, 0.3) is 0 Å². The first-order valence-electron chi connectivity index (χ1n) is 7.89. The van der Waals surface area contributed by atoms with Crippen molar-refractivity contribution in [1.82, 2.24) is 0 Å². The summed E-state index contributed by atoms with van der Waals surface area (Å²) in [7, 11) is 0. The molecule has 1 nitrogen and oxygen atoms in total. The predicted molar refractivity (Wildman–Crippen MR) is 72.0 cm³/mol. The van der Waals surface area contributed by atoms with Crippen molar-refractivity contribution >= 4 is 5.78 Å². The number of carbonyl (C=O) groups is 1. The number of hydrogen-bond donors (Lipinski definition) is 0. The van der Waals surface area contributed by atoms with Crippen molar-refractivity contribution in [2.75, 3.05) is 0 Å². The molecule has 0 aromatic rings. The number of ketones is 1. The van der Waals surface area contributed by atoms with E-state index < -0.39 is 0 Å². The van der Waals surface area contributed by atoms with Crippen molar-refractivity contribution in [1.29, 1.82) is 0 Å². The Labute approximate surface area is 106 Å². The number of carbonyl (C=O) groups excluding carboxylic acids is 1. The minimum atomic E-state index is 0.428. The SMILES string of the molecule is O=C(CC1CCCCC1)C1CCCCCCC1. The average molecular weight is 236 g/mol. The maximum atomic E-state index is 12.3. The van der Waals surface area contributed by atoms with Crippen LogP contribution in [-0.4, -0.2) is 5.78 Å². The zero-order chi connectivity index (χ0) is 11.9. The maximum absolute atomic E-state index is 12.3. The van der Waals surface area contributed by atoms with Crippen LogP contribution in [0.3, 0.4) is 0 Å². The maximum Gasteiger partial charge on any atom is 0.136 e. The Morgan fingerprint density at radius 1 is 0.706 bits per heavy atom. The van der Waals surface area contributed by atoms with Crippen LogP contribution in [0.4, 0.5) is 0 Å². The van der Waals surface area contributed by atoms with Gasteiger partial charge in [-0.1, -0.05) is 64.2 Å². The summed E-state index contributed by atoms with van der Waals surface area (Å²) in [5.41, 5.74) is 0. The summed E-state index contributed by atoms with van der Waals surface area (Å²) >= 11 is 0. The Morgan fingerprint density at radius 3 is 1.82 bits per heavy atom. The van der Waals surface area contributed by atoms with Crippen molar-refractivity contribution < 1.29 is 4.79 Å². The van der Waals surface area contributed by atoms with Gasteiger partial charge in [-0.15, -0.1) is 0 Å². The van der Waals surface area contributed by atoms with Gasteiger partial charge < -0.3 is 0 Å². The summed E-state index contributed by atoms with van der Waals surface area (Å²) < 4.78 is 0. The highest BCUT2D eigenvalue weighted by Gasteiger charge is 2.23. The van der Waals surface area contributed by atoms with Crippen LogP contribution in [0, 0.1) is 11.8 Å². The van der Waals surface area contributed by atoms with E-state index >= 15 is 0 Å². The highest BCUT2D eigenvalue weighted by Crippen LogP contribution is 2.30. The first kappa shape index (κ1) is 13.1. The molecule has 0 N–H and O–H groups in total. The van der Waals surface area contributed by atoms with E-state index in [9.17, 15) is 4.79 Å². The third-order valence-corrected chi connectivity index (χ3v) is 4.78. The van der Waals surface area contributed by atoms with Crippen molar-refractivity contribution in [2.45, 2.75) is 83.5 Å². The van der Waals surface area contributed by atoms with E-state index in [1.165, 1.54) is 77.0 Å². The van der Waals surface area contributed by atoms with Gasteiger partial charge in [0, 0.05) is 12.3 Å². The fourth-order valence-electron chi connectivity index (χ4n) is 3.62. The van der Waals surface area contributed by atoms with Gasteiger partial charge in [-0.25, -0.2) is 0 Å². The molecule has 0 atom stereocenters. The molecule has 0 radical (unpaired) electrons. The van der Waals surface area contributed by atoms with Gasteiger partial charge in [0.15, 0.2) is 0 Å². The standard InChI is InChI=1S/C16H28O/c17-16(13-14-9-5-4-6-10-14)15-11-7-2-1-3-8-12-15/h14-15H,1-13H2. The van der Waals surface area contributed by atoms with E-state index in [0.29, 0.717) is 11.7 Å². The number of hydrogen-bond acceptors (Lipinski definition) is 1. The van der Waals surface area contributed by atoms with Crippen molar-refractivity contribution in [3.05, 3.63) is 0 Å². The van der Waals surface area contributed by atoms with E-state index in [2.05, 4.69) is 0 Å². The smallest absolute Gasteiger partial charge is 0.136 e. The van der Waals surface area contributed by atoms with Gasteiger partial charge in [0.2, 0.25) is 0 Å². The zero-order valence-corrected chi connectivity index (χ0v) is 11.3. The molecule has 0 saturated heterocycles. The Morgan fingerprint density at radius 2 is 1.18 bits per heavy atom. The van der Waals surface area contributed by atoms with Crippen molar-refractivity contribution in [2.24, 2.45) is 11.8 Å². The molecule has 0 aromatic heterocycles. The molecule has 2 saturated carbocycles. The molecule has 0 bridgehead atoms. The molecule has 2 aliphatic rings. The second kappa shape index (κ2) is 7.18. The predicted octanol–water partition coefficient (Wildman–Crippen LogP) is 4.89. The van der Waals surface area contributed by atoms with Crippen LogP contribution in [0.1, 0.15) is 83.5 Å². The molecule has 17 heavy (non-hydrogen) atoms. The zero-order valence-electron chi connectivity index (χ0n) is 11.3. The Bertz CT molecular complexity index is 220. The van der Waals surface area contributed by atoms with Crippen molar-refractivity contribution in [3.63, 3.8) is 0 Å². The fourth-order valence-corrected chi connectivity index (χ4v) is 3.62. The van der Waals surface area contributed by atoms with E-state index in [1.807, 2.05) is 0 Å². The largest absolute Gasteiger partial charge is 0.299 e. The molecule has 1 heteroatoms. The Hall–Kier alpha value is -0.330. The summed E-state index contributed by atoms with van der Waals surface area (Å²) in [6.07, 6.45) is 16.7. The van der Waals surface area contributed by atoms with Gasteiger partial charge in [0.05, 0.1) is 0 Å². The molecule has 0 spiro atoms. The van der Waals surface area contributed by atoms with Crippen LogP contribution in [0.2, 0.25) is 0 Å². The minimum Gasteiger partial charge on any atom is -0.299 e. The van der Waals surface area contributed by atoms with Gasteiger partial charge in [-0.05, 0) is 18.8 Å². The molecule has 0 aliphatic heterocycles. The van der Waals surface area contributed by atoms with Crippen LogP contribution in [0.5, 0.6) is 0 Å². The monoisotopic (exact) mass is 236 g/mol. The van der Waals surface area contributed by atoms with Crippen LogP contribution in [0.15, 0.2) is 0 Å². The second-order valence-corrected chi connectivity index (χ2v) is 6.22. The van der Waals surface area contributed by atoms with Gasteiger partial charge in [-0.2, -0.15) is 0 Å². The highest BCUT2D eigenvalue weighted by molar-refractivity contribution is 5.81. The summed E-state index contributed by atoms with van der Waals surface area (Å²) in [4.78, 5) is 12.3. The van der Waals surface area contributed by atoms with Gasteiger partial charge >= 0.3 is 0 Å². The molecule has 98 valence electrons. The number of Topliss-reactive ketones (excluding diaryl/α,β-unsaturated/α-hetero) is 1. The molecule has 0 heterocycles. The normalized spacial score (nSPS) is 25.2. The number of rotatable bonds is 3. The third kappa shape index (κ3) is 4.44. The summed E-state index contributed by atoms with van der Waals surface area (Å²) in [5.74, 6) is 1.78. The van der Waals surface area contributed by atoms with E-state index in [-0.39, 0.29) is 0 Å². The Balaban J connectivity index is 1.76. The van der Waals surface area contributed by atoms with Gasteiger partial charge in [-0.3, -0.25) is 4.79 Å². The summed E-state index contributed by atoms with van der Waals surface area (Å²) in [6, 6.07) is 0. The lowest BCUT2D eigenvalue weighted by Gasteiger charge is -2.24. The third-order valence-electron chi connectivity index (χ3n) is 4.78. The van der Waals surface area contributed by atoms with Crippen LogP contribution >= 0.6 is 0 Å². The minimum absolute atomic E-state index is 0.428. The average Bonchev–Trinajstić information content (AvgIpc) is 2.29. The molecule has 2 aliphatic carbocycles. The van der Waals surface area contributed by atoms with E-state index in [0.717, 1.165) is 12.3 Å². The van der Waals surface area contributed by atoms with Crippen molar-refractivity contribution in [3.8, 4) is 0 Å². The Kier molecular flexibility index (Phi) is 5.54. The lowest BCUT2D eigenvalue weighted by atomic mass is 9.80. The molecular formula is C16H28O. The molecule has 0 unspecified atom stereocenters. The first-order valence-corrected chi connectivity index (χ1v) is 7.89. The summed E-state index contributed by atoms with van der Waals surface area (Å²) in [6.45, 7) is 0. The lowest BCUT2D eigenvalue weighted by molar-refractivity contribution is -0.124. The topological polar surface area (TPSA) is 17.1 Å². The van der Waals surface area contributed by atoms with Crippen LogP contribution in [-0.2, 0) is 4.79 Å². The molecule has 2 rings (SSSR count). The summed E-state index contributed by atoms with van der Waals surface area (Å²) in [5, 5.41) is 0. The quantitative estimate of drug-likeness (QED) is 0.682. The van der Waals surface area contributed by atoms with Crippen LogP contribution < -0.4 is 0 Å². The van der Waals surface area contributed by atoms with E-state index in [4.69, 9.17) is 0 Å². The molecule has 0 aromatic carbocycles. The molecular weight excluding hydrogens is 208 g/mol. The molecule has 2 fully saturated rings. The van der Waals surface area contributed by atoms with E-state index in [1.54, 1.807) is 0 Å².